The van der Waals surface area contributed by atoms with E-state index in [1.54, 1.807) is 19.2 Å². The number of aromatic nitrogens is 1. The van der Waals surface area contributed by atoms with Crippen LogP contribution in [-0.4, -0.2) is 23.8 Å². The third-order valence-corrected chi connectivity index (χ3v) is 6.35. The smallest absolute Gasteiger partial charge is 0.231 e. The number of pyridine rings is 1. The van der Waals surface area contributed by atoms with Crippen molar-refractivity contribution in [1.29, 1.82) is 5.26 Å². The van der Waals surface area contributed by atoms with Gasteiger partial charge in [0, 0.05) is 5.69 Å². The zero-order valence-corrected chi connectivity index (χ0v) is 19.2. The number of hydrogen-bond acceptors (Lipinski definition) is 5. The van der Waals surface area contributed by atoms with Crippen LogP contribution in [0.2, 0.25) is 0 Å². The summed E-state index contributed by atoms with van der Waals surface area (Å²) in [4.78, 5) is 17.4. The lowest BCUT2D eigenvalue weighted by Gasteiger charge is -2.20. The molecule has 32 heavy (non-hydrogen) atoms. The molecular formula is C25H24FN3O2S. The minimum Gasteiger partial charge on any atom is -0.497 e. The highest BCUT2D eigenvalue weighted by molar-refractivity contribution is 8.00. The van der Waals surface area contributed by atoms with Crippen molar-refractivity contribution >= 4 is 17.7 Å². The van der Waals surface area contributed by atoms with Gasteiger partial charge in [-0.05, 0) is 67.3 Å². The van der Waals surface area contributed by atoms with E-state index in [1.807, 2.05) is 45.0 Å². The lowest BCUT2D eigenvalue weighted by Crippen LogP contribution is -2.30. The Morgan fingerprint density at radius 2 is 1.69 bits per heavy atom. The molecule has 1 amide bonds. The average Bonchev–Trinajstić information content (AvgIpc) is 2.80. The average molecular weight is 450 g/mol. The summed E-state index contributed by atoms with van der Waals surface area (Å²) in [5.41, 5.74) is 4.79. The molecule has 7 heteroatoms. The molecule has 0 aliphatic carbocycles. The van der Waals surface area contributed by atoms with Gasteiger partial charge < -0.3 is 10.1 Å². The zero-order chi connectivity index (χ0) is 23.3. The van der Waals surface area contributed by atoms with E-state index in [1.165, 1.54) is 23.9 Å². The number of thioether (sulfide) groups is 1. The van der Waals surface area contributed by atoms with Crippen molar-refractivity contribution in [3.8, 4) is 11.8 Å². The van der Waals surface area contributed by atoms with Crippen LogP contribution in [0.25, 0.3) is 0 Å². The van der Waals surface area contributed by atoms with Crippen molar-refractivity contribution in [2.24, 2.45) is 0 Å². The Balaban J connectivity index is 1.81. The van der Waals surface area contributed by atoms with Crippen LogP contribution in [-0.2, 0) is 4.79 Å². The van der Waals surface area contributed by atoms with Gasteiger partial charge in [0.05, 0.1) is 24.5 Å². The number of hydrogen-bond donors (Lipinski definition) is 1. The van der Waals surface area contributed by atoms with Crippen LogP contribution in [0, 0.1) is 37.9 Å². The van der Waals surface area contributed by atoms with Crippen molar-refractivity contribution in [2.45, 2.75) is 31.8 Å². The Hall–Kier alpha value is -3.37. The molecule has 1 N–H and O–H groups in total. The Morgan fingerprint density at radius 3 is 2.25 bits per heavy atom. The maximum absolute atomic E-state index is 13.4. The fourth-order valence-electron chi connectivity index (χ4n) is 3.29. The van der Waals surface area contributed by atoms with Gasteiger partial charge in [-0.15, -0.1) is 0 Å². The van der Waals surface area contributed by atoms with Gasteiger partial charge in [0.25, 0.3) is 0 Å². The Morgan fingerprint density at radius 1 is 1.09 bits per heavy atom. The van der Waals surface area contributed by atoms with Gasteiger partial charge in [0.15, 0.2) is 0 Å². The maximum atomic E-state index is 13.4. The number of methoxy groups -OCH3 is 1. The summed E-state index contributed by atoms with van der Waals surface area (Å²) in [6.07, 6.45) is 0. The van der Waals surface area contributed by atoms with E-state index in [4.69, 9.17) is 4.74 Å². The van der Waals surface area contributed by atoms with Gasteiger partial charge in [-0.2, -0.15) is 5.26 Å². The third-order valence-electron chi connectivity index (χ3n) is 5.37. The van der Waals surface area contributed by atoms with Crippen LogP contribution in [0.3, 0.4) is 0 Å². The second-order valence-corrected chi connectivity index (χ2v) is 8.32. The molecule has 1 unspecified atom stereocenters. The lowest BCUT2D eigenvalue weighted by molar-refractivity contribution is -0.119. The summed E-state index contributed by atoms with van der Waals surface area (Å²) in [6.45, 7) is 5.71. The van der Waals surface area contributed by atoms with E-state index >= 15 is 0 Å². The van der Waals surface area contributed by atoms with E-state index in [-0.39, 0.29) is 17.5 Å². The highest BCUT2D eigenvalue weighted by atomic mass is 32.2. The molecule has 0 radical (unpaired) electrons. The largest absolute Gasteiger partial charge is 0.497 e. The van der Waals surface area contributed by atoms with Crippen molar-refractivity contribution in [2.75, 3.05) is 12.9 Å². The Bertz CT molecular complexity index is 1160. The molecule has 1 heterocycles. The van der Waals surface area contributed by atoms with Gasteiger partial charge in [-0.25, -0.2) is 9.37 Å². The van der Waals surface area contributed by atoms with Crippen LogP contribution in [0.1, 0.15) is 39.6 Å². The number of carbonyl (C=O) groups is 1. The molecule has 1 aromatic heterocycles. The molecule has 0 saturated carbocycles. The van der Waals surface area contributed by atoms with E-state index in [0.29, 0.717) is 16.3 Å². The molecule has 1 atom stereocenters. The normalized spacial score (nSPS) is 11.5. The predicted octanol–water partition coefficient (Wildman–Crippen LogP) is 5.02. The first kappa shape index (κ1) is 23.3. The second kappa shape index (κ2) is 10.3. The SMILES string of the molecule is COc1ccc(C(NC(=O)CSc2nc(C)c(C)c(C)c2C#N)c2ccc(F)cc2)cc1. The monoisotopic (exact) mass is 449 g/mol. The summed E-state index contributed by atoms with van der Waals surface area (Å²) in [5.74, 6) is 0.233. The number of carbonyl (C=O) groups excluding carboxylic acids is 1. The molecule has 5 nitrogen and oxygen atoms in total. The highest BCUT2D eigenvalue weighted by Crippen LogP contribution is 2.28. The second-order valence-electron chi connectivity index (χ2n) is 7.35. The van der Waals surface area contributed by atoms with Crippen LogP contribution < -0.4 is 10.1 Å². The fourth-order valence-corrected chi connectivity index (χ4v) is 4.19. The number of halogens is 1. The first-order chi connectivity index (χ1) is 15.3. The maximum Gasteiger partial charge on any atom is 0.231 e. The molecule has 2 aromatic carbocycles. The van der Waals surface area contributed by atoms with Crippen LogP contribution in [0.4, 0.5) is 4.39 Å². The molecule has 0 aliphatic heterocycles. The standard InChI is InChI=1S/C25H24FN3O2S/c1-15-16(2)22(13-27)25(28-17(15)3)32-14-23(30)29-24(18-5-9-20(26)10-6-18)19-7-11-21(31-4)12-8-19/h5-12,24H,14H2,1-4H3,(H,29,30). The lowest BCUT2D eigenvalue weighted by atomic mass is 9.98. The first-order valence-corrected chi connectivity index (χ1v) is 11.0. The number of aryl methyl sites for hydroxylation is 1. The number of nitrogens with one attached hydrogen (secondary N) is 1. The van der Waals surface area contributed by atoms with E-state index < -0.39 is 6.04 Å². The molecule has 0 fully saturated rings. The van der Waals surface area contributed by atoms with Gasteiger partial charge in [-0.3, -0.25) is 4.79 Å². The highest BCUT2D eigenvalue weighted by Gasteiger charge is 2.19. The molecule has 3 rings (SSSR count). The fraction of sp³-hybridized carbons (Fsp3) is 0.240. The Kier molecular flexibility index (Phi) is 7.49. The summed E-state index contributed by atoms with van der Waals surface area (Å²) in [6, 6.07) is 15.1. The van der Waals surface area contributed by atoms with Crippen molar-refractivity contribution in [3.63, 3.8) is 0 Å². The summed E-state index contributed by atoms with van der Waals surface area (Å²) in [5, 5.41) is 13.1. The molecule has 0 aliphatic rings. The summed E-state index contributed by atoms with van der Waals surface area (Å²) in [7, 11) is 1.59. The topological polar surface area (TPSA) is 75.0 Å². The number of nitrogens with zero attached hydrogens (tertiary/aromatic N) is 2. The first-order valence-electron chi connectivity index (χ1n) is 10.0. The molecule has 0 spiro atoms. The van der Waals surface area contributed by atoms with Gasteiger partial charge >= 0.3 is 0 Å². The Labute approximate surface area is 191 Å². The van der Waals surface area contributed by atoms with Crippen LogP contribution in [0.15, 0.2) is 53.6 Å². The van der Waals surface area contributed by atoms with E-state index in [2.05, 4.69) is 16.4 Å². The molecule has 0 saturated heterocycles. The van der Waals surface area contributed by atoms with Crippen LogP contribution in [0.5, 0.6) is 5.75 Å². The van der Waals surface area contributed by atoms with Gasteiger partial charge in [0.1, 0.15) is 22.7 Å². The molecule has 0 bridgehead atoms. The van der Waals surface area contributed by atoms with Crippen molar-refractivity contribution in [1.82, 2.24) is 10.3 Å². The number of rotatable bonds is 7. The van der Waals surface area contributed by atoms with Crippen LogP contribution >= 0.6 is 11.8 Å². The summed E-state index contributed by atoms with van der Waals surface area (Å²) < 4.78 is 18.7. The van der Waals surface area contributed by atoms with Crippen molar-refractivity contribution < 1.29 is 13.9 Å². The number of amides is 1. The number of ether oxygens (including phenoxy) is 1. The van der Waals surface area contributed by atoms with Gasteiger partial charge in [-0.1, -0.05) is 36.0 Å². The minimum absolute atomic E-state index is 0.0947. The van der Waals surface area contributed by atoms with E-state index in [0.717, 1.165) is 27.9 Å². The molecule has 164 valence electrons. The molecular weight excluding hydrogens is 425 g/mol. The van der Waals surface area contributed by atoms with E-state index in [9.17, 15) is 14.4 Å². The minimum atomic E-state index is -0.459. The quantitative estimate of drug-likeness (QED) is 0.513. The number of benzene rings is 2. The van der Waals surface area contributed by atoms with Gasteiger partial charge in [0.2, 0.25) is 5.91 Å². The third kappa shape index (κ3) is 5.27. The van der Waals surface area contributed by atoms with Crippen molar-refractivity contribution in [3.05, 3.63) is 87.9 Å². The predicted molar refractivity (Wildman–Crippen MR) is 123 cm³/mol. The summed E-state index contributed by atoms with van der Waals surface area (Å²) >= 11 is 1.23. The zero-order valence-electron chi connectivity index (χ0n) is 18.4. The number of nitriles is 1. The molecule has 3 aromatic rings.